The molecule has 0 amide bonds. The molecule has 1 rings (SSSR count). The molecule has 1 nitrogen and oxygen atoms in total. The van der Waals surface area contributed by atoms with Gasteiger partial charge in [-0.1, -0.05) is 102 Å². The van der Waals surface area contributed by atoms with Crippen LogP contribution >= 0.6 is 0 Å². The lowest BCUT2D eigenvalue weighted by molar-refractivity contribution is -0.120. The summed E-state index contributed by atoms with van der Waals surface area (Å²) in [6, 6.07) is 6.65. The van der Waals surface area contributed by atoms with Crippen LogP contribution in [0.1, 0.15) is 109 Å². The molecule has 1 aromatic carbocycles. The van der Waals surface area contributed by atoms with Gasteiger partial charge in [-0.2, -0.15) is 0 Å². The normalized spacial score (nSPS) is 11.8. The fourth-order valence-corrected chi connectivity index (χ4v) is 3.61. The van der Waals surface area contributed by atoms with E-state index in [1.165, 1.54) is 55.2 Å². The van der Waals surface area contributed by atoms with Crippen LogP contribution in [0.25, 0.3) is 0 Å². The highest BCUT2D eigenvalue weighted by molar-refractivity contribution is 5.85. The summed E-state index contributed by atoms with van der Waals surface area (Å²) in [4.78, 5) is 12.6. The third-order valence-corrected chi connectivity index (χ3v) is 4.88. The zero-order valence-electron chi connectivity index (χ0n) is 18.0. The standard InChI is InChI=1S/C22H36O.C2H6/c1-6-9-11-19(12-10-7-2)16-21(22(23)8-3)20-14-17(4)13-18(5)15-20;1-2/h13-15,19,21H,6-12,16H2,1-5H3;1-2H3. The quantitative estimate of drug-likeness (QED) is 0.400. The van der Waals surface area contributed by atoms with Crippen molar-refractivity contribution >= 4 is 5.78 Å². The van der Waals surface area contributed by atoms with Gasteiger partial charge in [0.2, 0.25) is 0 Å². The molecule has 0 aromatic heterocycles. The Balaban J connectivity index is 0.00000277. The second kappa shape index (κ2) is 14.1. The van der Waals surface area contributed by atoms with Crippen molar-refractivity contribution in [3.63, 3.8) is 0 Å². The first-order valence-corrected chi connectivity index (χ1v) is 10.6. The zero-order valence-corrected chi connectivity index (χ0v) is 18.0. The average molecular weight is 347 g/mol. The maximum Gasteiger partial charge on any atom is 0.140 e. The Bertz CT molecular complexity index is 447. The highest BCUT2D eigenvalue weighted by Gasteiger charge is 2.23. The van der Waals surface area contributed by atoms with Gasteiger partial charge >= 0.3 is 0 Å². The van der Waals surface area contributed by atoms with Gasteiger partial charge in [-0.15, -0.1) is 0 Å². The highest BCUT2D eigenvalue weighted by atomic mass is 16.1. The minimum atomic E-state index is 0.0947. The van der Waals surface area contributed by atoms with E-state index in [1.807, 2.05) is 20.8 Å². The number of unbranched alkanes of at least 4 members (excludes halogenated alkanes) is 2. The highest BCUT2D eigenvalue weighted by Crippen LogP contribution is 2.32. The molecule has 0 N–H and O–H groups in total. The number of hydrogen-bond donors (Lipinski definition) is 0. The molecule has 1 heteroatoms. The molecule has 0 saturated heterocycles. The molecule has 0 heterocycles. The van der Waals surface area contributed by atoms with Crippen LogP contribution < -0.4 is 0 Å². The lowest BCUT2D eigenvalue weighted by Gasteiger charge is -2.24. The van der Waals surface area contributed by atoms with Crippen molar-refractivity contribution in [2.24, 2.45) is 5.92 Å². The first-order valence-electron chi connectivity index (χ1n) is 10.6. The first-order chi connectivity index (χ1) is 12.0. The summed E-state index contributed by atoms with van der Waals surface area (Å²) in [5.41, 5.74) is 3.78. The summed E-state index contributed by atoms with van der Waals surface area (Å²) >= 11 is 0. The third-order valence-electron chi connectivity index (χ3n) is 4.88. The van der Waals surface area contributed by atoms with Gasteiger partial charge in [-0.05, 0) is 31.7 Å². The second-order valence-electron chi connectivity index (χ2n) is 7.18. The Morgan fingerprint density at radius 1 is 0.880 bits per heavy atom. The SMILES string of the molecule is CC.CCCCC(CCCC)CC(C(=O)CC)c1cc(C)cc(C)c1. The van der Waals surface area contributed by atoms with E-state index < -0.39 is 0 Å². The summed E-state index contributed by atoms with van der Waals surface area (Å²) in [7, 11) is 0. The van der Waals surface area contributed by atoms with Gasteiger partial charge < -0.3 is 0 Å². The van der Waals surface area contributed by atoms with Crippen LogP contribution in [-0.4, -0.2) is 5.78 Å². The third kappa shape index (κ3) is 9.23. The van der Waals surface area contributed by atoms with E-state index in [0.717, 1.165) is 6.42 Å². The number of rotatable bonds is 11. The van der Waals surface area contributed by atoms with Gasteiger partial charge in [0, 0.05) is 12.3 Å². The fourth-order valence-electron chi connectivity index (χ4n) is 3.61. The largest absolute Gasteiger partial charge is 0.299 e. The van der Waals surface area contributed by atoms with Gasteiger partial charge in [-0.3, -0.25) is 4.79 Å². The van der Waals surface area contributed by atoms with Crippen LogP contribution in [-0.2, 0) is 4.79 Å². The van der Waals surface area contributed by atoms with Crippen LogP contribution in [0, 0.1) is 19.8 Å². The zero-order chi connectivity index (χ0) is 19.2. The molecule has 1 atom stereocenters. The predicted octanol–water partition coefficient (Wildman–Crippen LogP) is 7.78. The Morgan fingerprint density at radius 2 is 1.36 bits per heavy atom. The second-order valence-corrected chi connectivity index (χ2v) is 7.18. The average Bonchev–Trinajstić information content (AvgIpc) is 2.61. The van der Waals surface area contributed by atoms with E-state index in [9.17, 15) is 4.79 Å². The summed E-state index contributed by atoms with van der Waals surface area (Å²) in [5, 5.41) is 0. The summed E-state index contributed by atoms with van der Waals surface area (Å²) < 4.78 is 0. The lowest BCUT2D eigenvalue weighted by Crippen LogP contribution is -2.17. The molecule has 25 heavy (non-hydrogen) atoms. The van der Waals surface area contributed by atoms with Gasteiger partial charge in [0.25, 0.3) is 0 Å². The summed E-state index contributed by atoms with van der Waals surface area (Å²) in [6.45, 7) is 14.8. The van der Waals surface area contributed by atoms with E-state index in [-0.39, 0.29) is 5.92 Å². The molecule has 0 bridgehead atoms. The molecule has 0 radical (unpaired) electrons. The smallest absolute Gasteiger partial charge is 0.140 e. The van der Waals surface area contributed by atoms with Crippen molar-refractivity contribution in [3.05, 3.63) is 34.9 Å². The maximum absolute atomic E-state index is 12.6. The number of carbonyl (C=O) groups is 1. The summed E-state index contributed by atoms with van der Waals surface area (Å²) in [5.74, 6) is 1.20. The molecule has 0 fully saturated rings. The van der Waals surface area contributed by atoms with Crippen LogP contribution in [0.3, 0.4) is 0 Å². The van der Waals surface area contributed by atoms with E-state index in [1.54, 1.807) is 0 Å². The van der Waals surface area contributed by atoms with Crippen molar-refractivity contribution in [1.82, 2.24) is 0 Å². The minimum absolute atomic E-state index is 0.0947. The Morgan fingerprint density at radius 3 is 1.76 bits per heavy atom. The number of Topliss-reactive ketones (excluding diaryl/α,β-unsaturated/α-hetero) is 1. The lowest BCUT2D eigenvalue weighted by atomic mass is 9.80. The van der Waals surface area contributed by atoms with Gasteiger partial charge in [0.15, 0.2) is 0 Å². The van der Waals surface area contributed by atoms with Crippen molar-refractivity contribution in [2.75, 3.05) is 0 Å². The van der Waals surface area contributed by atoms with Gasteiger partial charge in [0.1, 0.15) is 5.78 Å². The molecule has 0 aliphatic carbocycles. The van der Waals surface area contributed by atoms with Crippen LogP contribution in [0.4, 0.5) is 0 Å². The molecule has 1 aromatic rings. The van der Waals surface area contributed by atoms with Gasteiger partial charge in [-0.25, -0.2) is 0 Å². The van der Waals surface area contributed by atoms with Crippen molar-refractivity contribution in [1.29, 1.82) is 0 Å². The van der Waals surface area contributed by atoms with E-state index in [0.29, 0.717) is 18.1 Å². The molecule has 144 valence electrons. The van der Waals surface area contributed by atoms with Crippen LogP contribution in [0.2, 0.25) is 0 Å². The Hall–Kier alpha value is -1.11. The molecular weight excluding hydrogens is 304 g/mol. The van der Waals surface area contributed by atoms with E-state index in [4.69, 9.17) is 0 Å². The molecule has 1 unspecified atom stereocenters. The van der Waals surface area contributed by atoms with E-state index >= 15 is 0 Å². The molecule has 0 aliphatic heterocycles. The van der Waals surface area contributed by atoms with Crippen molar-refractivity contribution in [2.45, 2.75) is 106 Å². The number of benzene rings is 1. The maximum atomic E-state index is 12.6. The molecule has 0 aliphatic rings. The minimum Gasteiger partial charge on any atom is -0.299 e. The topological polar surface area (TPSA) is 17.1 Å². The summed E-state index contributed by atoms with van der Waals surface area (Å²) in [6.07, 6.45) is 9.30. The van der Waals surface area contributed by atoms with Crippen molar-refractivity contribution in [3.8, 4) is 0 Å². The number of carbonyl (C=O) groups excluding carboxylic acids is 1. The fraction of sp³-hybridized carbons (Fsp3) is 0.708. The monoisotopic (exact) mass is 346 g/mol. The Kier molecular flexibility index (Phi) is 13.5. The molecule has 0 spiro atoms. The van der Waals surface area contributed by atoms with Crippen LogP contribution in [0.15, 0.2) is 18.2 Å². The molecule has 0 saturated carbocycles. The van der Waals surface area contributed by atoms with Crippen molar-refractivity contribution < 1.29 is 4.79 Å². The number of aryl methyl sites for hydroxylation is 2. The first kappa shape index (κ1) is 23.9. The van der Waals surface area contributed by atoms with Crippen LogP contribution in [0.5, 0.6) is 0 Å². The number of hydrogen-bond acceptors (Lipinski definition) is 1. The number of ketones is 1. The van der Waals surface area contributed by atoms with Gasteiger partial charge in [0.05, 0.1) is 0 Å². The van der Waals surface area contributed by atoms with E-state index in [2.05, 4.69) is 45.9 Å². The Labute approximate surface area is 157 Å². The molecular formula is C24H42O. The predicted molar refractivity (Wildman–Crippen MR) is 112 cm³/mol.